The summed E-state index contributed by atoms with van der Waals surface area (Å²) >= 11 is 0. The standard InChI is InChI=1S/C66H44N2/c1-4-21-47(22-5-1)64-56-31-13-12-29-53(56)54-43-40-49(44-59(54)65(64)48-23-6-2-7-24-48)45-38-41-51(42-39-45)67(60-36-18-25-46-20-10-11-28-52(46)60)61-34-16-14-30-55(61)57-33-19-37-63-66(57)58-32-15-17-35-62(58)68(63)50-26-8-3-9-27-50/h1-44H. The summed E-state index contributed by atoms with van der Waals surface area (Å²) in [4.78, 5) is 2.46. The summed E-state index contributed by atoms with van der Waals surface area (Å²) in [6.45, 7) is 0. The van der Waals surface area contributed by atoms with Gasteiger partial charge in [-0.1, -0.05) is 212 Å². The van der Waals surface area contributed by atoms with Gasteiger partial charge in [-0.2, -0.15) is 0 Å². The number of rotatable bonds is 8. The van der Waals surface area contributed by atoms with Gasteiger partial charge in [-0.25, -0.2) is 0 Å². The lowest BCUT2D eigenvalue weighted by Crippen LogP contribution is -2.11. The van der Waals surface area contributed by atoms with Gasteiger partial charge in [-0.05, 0) is 120 Å². The number of anilines is 3. The summed E-state index contributed by atoms with van der Waals surface area (Å²) < 4.78 is 2.40. The summed E-state index contributed by atoms with van der Waals surface area (Å²) in [5.41, 5.74) is 16.5. The average Bonchev–Trinajstić information content (AvgIpc) is 3.76. The van der Waals surface area contributed by atoms with Gasteiger partial charge in [0.05, 0.1) is 22.4 Å². The Morgan fingerprint density at radius 1 is 0.279 bits per heavy atom. The average molecular weight is 865 g/mol. The zero-order chi connectivity index (χ0) is 45.0. The molecule has 0 saturated heterocycles. The van der Waals surface area contributed by atoms with Gasteiger partial charge >= 0.3 is 0 Å². The minimum Gasteiger partial charge on any atom is -0.309 e. The minimum absolute atomic E-state index is 1.08. The second-order valence-corrected chi connectivity index (χ2v) is 17.6. The van der Waals surface area contributed by atoms with E-state index in [0.717, 1.165) is 33.9 Å². The van der Waals surface area contributed by atoms with Crippen molar-refractivity contribution in [3.05, 3.63) is 267 Å². The maximum absolute atomic E-state index is 2.46. The van der Waals surface area contributed by atoms with Crippen LogP contribution in [0.5, 0.6) is 0 Å². The number of benzene rings is 12. The Labute approximate surface area is 395 Å². The third kappa shape index (κ3) is 6.49. The molecule has 0 saturated carbocycles. The number of fused-ring (bicyclic) bond motifs is 7. The fourth-order valence-corrected chi connectivity index (χ4v) is 10.8. The van der Waals surface area contributed by atoms with Crippen molar-refractivity contribution in [2.45, 2.75) is 0 Å². The Kier molecular flexibility index (Phi) is 9.54. The Morgan fingerprint density at radius 2 is 0.794 bits per heavy atom. The summed E-state index contributed by atoms with van der Waals surface area (Å²) in [6, 6.07) is 97.5. The first-order valence-electron chi connectivity index (χ1n) is 23.4. The Bertz CT molecular complexity index is 4000. The van der Waals surface area contributed by atoms with Crippen molar-refractivity contribution in [2.75, 3.05) is 4.90 Å². The molecule has 2 heteroatoms. The lowest BCUT2D eigenvalue weighted by Gasteiger charge is -2.29. The molecule has 2 nitrogen and oxygen atoms in total. The molecule has 13 aromatic rings. The Hall–Kier alpha value is -8.98. The monoisotopic (exact) mass is 864 g/mol. The molecule has 0 amide bonds. The molecule has 0 atom stereocenters. The van der Waals surface area contributed by atoms with E-state index >= 15 is 0 Å². The zero-order valence-corrected chi connectivity index (χ0v) is 37.3. The molecule has 0 spiro atoms. The molecule has 0 N–H and O–H groups in total. The molecule has 0 bridgehead atoms. The number of hydrogen-bond acceptors (Lipinski definition) is 1. The first-order chi connectivity index (χ1) is 33.8. The molecule has 1 aromatic heterocycles. The maximum Gasteiger partial charge on any atom is 0.0547 e. The smallest absolute Gasteiger partial charge is 0.0547 e. The number of hydrogen-bond donors (Lipinski definition) is 0. The van der Waals surface area contributed by atoms with E-state index < -0.39 is 0 Å². The normalized spacial score (nSPS) is 11.5. The van der Waals surface area contributed by atoms with Crippen LogP contribution in [0.4, 0.5) is 17.1 Å². The second-order valence-electron chi connectivity index (χ2n) is 17.6. The van der Waals surface area contributed by atoms with Crippen LogP contribution in [0.3, 0.4) is 0 Å². The predicted octanol–water partition coefficient (Wildman–Crippen LogP) is 18.4. The van der Waals surface area contributed by atoms with Crippen LogP contribution < -0.4 is 4.90 Å². The number of para-hydroxylation sites is 3. The first kappa shape index (κ1) is 39.4. The largest absolute Gasteiger partial charge is 0.309 e. The van der Waals surface area contributed by atoms with E-state index in [2.05, 4.69) is 276 Å². The van der Waals surface area contributed by atoms with Crippen LogP contribution in [-0.2, 0) is 0 Å². The van der Waals surface area contributed by atoms with Gasteiger partial charge in [0.1, 0.15) is 0 Å². The first-order valence-corrected chi connectivity index (χ1v) is 23.4. The van der Waals surface area contributed by atoms with Crippen LogP contribution in [0.1, 0.15) is 0 Å². The molecule has 0 aliphatic carbocycles. The molecule has 13 rings (SSSR count). The van der Waals surface area contributed by atoms with Gasteiger partial charge in [-0.15, -0.1) is 0 Å². The van der Waals surface area contributed by atoms with E-state index in [0.29, 0.717) is 0 Å². The van der Waals surface area contributed by atoms with E-state index in [-0.39, 0.29) is 0 Å². The van der Waals surface area contributed by atoms with E-state index in [4.69, 9.17) is 0 Å². The van der Waals surface area contributed by atoms with Crippen molar-refractivity contribution < 1.29 is 0 Å². The molecule has 0 radical (unpaired) electrons. The summed E-state index contributed by atoms with van der Waals surface area (Å²) in [6.07, 6.45) is 0. The highest BCUT2D eigenvalue weighted by Crippen LogP contribution is 2.48. The van der Waals surface area contributed by atoms with Crippen molar-refractivity contribution in [3.8, 4) is 50.2 Å². The van der Waals surface area contributed by atoms with E-state index in [1.54, 1.807) is 0 Å². The summed E-state index contributed by atoms with van der Waals surface area (Å²) in [5.74, 6) is 0. The molecule has 0 fully saturated rings. The Morgan fingerprint density at radius 3 is 1.56 bits per heavy atom. The van der Waals surface area contributed by atoms with E-state index in [9.17, 15) is 0 Å². The molecular formula is C66H44N2. The molecule has 1 heterocycles. The molecular weight excluding hydrogens is 821 g/mol. The van der Waals surface area contributed by atoms with Gasteiger partial charge < -0.3 is 9.47 Å². The lowest BCUT2D eigenvalue weighted by molar-refractivity contribution is 1.18. The fraction of sp³-hybridized carbons (Fsp3) is 0. The van der Waals surface area contributed by atoms with E-state index in [1.165, 1.54) is 87.5 Å². The molecule has 0 unspecified atom stereocenters. The number of nitrogens with zero attached hydrogens (tertiary/aromatic N) is 2. The second kappa shape index (κ2) is 16.5. The Balaban J connectivity index is 1.00. The van der Waals surface area contributed by atoms with Crippen LogP contribution in [0.2, 0.25) is 0 Å². The highest BCUT2D eigenvalue weighted by Gasteiger charge is 2.23. The SMILES string of the molecule is c1ccc(-c2c(-c3ccccc3)c3cc(-c4ccc(N(c5ccccc5-c5cccc6c5c5ccccc5n6-c5ccccc5)c5cccc6ccccc56)cc4)ccc3c3ccccc23)cc1. The summed E-state index contributed by atoms with van der Waals surface area (Å²) in [7, 11) is 0. The molecule has 12 aromatic carbocycles. The van der Waals surface area contributed by atoms with Crippen molar-refractivity contribution in [1.29, 1.82) is 0 Å². The molecule has 318 valence electrons. The summed E-state index contributed by atoms with van der Waals surface area (Å²) in [5, 5.41) is 9.86. The van der Waals surface area contributed by atoms with Crippen molar-refractivity contribution >= 4 is 71.2 Å². The van der Waals surface area contributed by atoms with Crippen LogP contribution >= 0.6 is 0 Å². The van der Waals surface area contributed by atoms with Crippen molar-refractivity contribution in [3.63, 3.8) is 0 Å². The minimum atomic E-state index is 1.08. The topological polar surface area (TPSA) is 8.17 Å². The van der Waals surface area contributed by atoms with Gasteiger partial charge in [0.25, 0.3) is 0 Å². The van der Waals surface area contributed by atoms with Crippen LogP contribution in [0.15, 0.2) is 267 Å². The van der Waals surface area contributed by atoms with Crippen molar-refractivity contribution in [2.24, 2.45) is 0 Å². The van der Waals surface area contributed by atoms with Gasteiger partial charge in [0, 0.05) is 33.1 Å². The van der Waals surface area contributed by atoms with Gasteiger partial charge in [-0.3, -0.25) is 0 Å². The quantitative estimate of drug-likeness (QED) is 0.138. The molecule has 0 aliphatic rings. The van der Waals surface area contributed by atoms with Crippen molar-refractivity contribution in [1.82, 2.24) is 4.57 Å². The van der Waals surface area contributed by atoms with E-state index in [1.807, 2.05) is 0 Å². The van der Waals surface area contributed by atoms with Crippen LogP contribution in [-0.4, -0.2) is 4.57 Å². The third-order valence-electron chi connectivity index (χ3n) is 13.8. The van der Waals surface area contributed by atoms with Crippen LogP contribution in [0, 0.1) is 0 Å². The van der Waals surface area contributed by atoms with Gasteiger partial charge in [0.15, 0.2) is 0 Å². The lowest BCUT2D eigenvalue weighted by atomic mass is 9.84. The maximum atomic E-state index is 2.46. The third-order valence-corrected chi connectivity index (χ3v) is 13.8. The highest BCUT2D eigenvalue weighted by atomic mass is 15.1. The zero-order valence-electron chi connectivity index (χ0n) is 37.3. The molecule has 68 heavy (non-hydrogen) atoms. The highest BCUT2D eigenvalue weighted by molar-refractivity contribution is 6.22. The van der Waals surface area contributed by atoms with Crippen LogP contribution in [0.25, 0.3) is 104 Å². The predicted molar refractivity (Wildman–Crippen MR) is 290 cm³/mol. The fourth-order valence-electron chi connectivity index (χ4n) is 10.8. The number of aromatic nitrogens is 1. The molecule has 0 aliphatic heterocycles. The van der Waals surface area contributed by atoms with Gasteiger partial charge in [0.2, 0.25) is 0 Å².